The monoisotopic (exact) mass is 586 g/mol. The van der Waals surface area contributed by atoms with Gasteiger partial charge in [0.2, 0.25) is 0 Å². The number of rotatable bonds is 5. The van der Waals surface area contributed by atoms with Crippen LogP contribution < -0.4 is 0 Å². The molecule has 8 aromatic rings. The lowest BCUT2D eigenvalue weighted by atomic mass is 9.87. The van der Waals surface area contributed by atoms with Gasteiger partial charge in [-0.15, -0.1) is 0 Å². The summed E-state index contributed by atoms with van der Waals surface area (Å²) in [5, 5.41) is 7.71. The van der Waals surface area contributed by atoms with E-state index in [1.165, 1.54) is 88.8 Å². The number of fused-ring (bicyclic) bond motifs is 3. The molecule has 1 aliphatic carbocycles. The van der Waals surface area contributed by atoms with Crippen LogP contribution in [0.15, 0.2) is 164 Å². The first-order valence-electron chi connectivity index (χ1n) is 16.5. The molecular weight excluding hydrogens is 553 g/mol. The predicted octanol–water partition coefficient (Wildman–Crippen LogP) is 12.9. The van der Waals surface area contributed by atoms with Crippen molar-refractivity contribution < 1.29 is 0 Å². The molecule has 2 unspecified atom stereocenters. The molecule has 0 aromatic heterocycles. The van der Waals surface area contributed by atoms with E-state index in [0.717, 1.165) is 5.92 Å². The normalized spacial score (nSPS) is 15.8. The van der Waals surface area contributed by atoms with Crippen molar-refractivity contribution in [3.8, 4) is 44.5 Å². The highest BCUT2D eigenvalue weighted by Gasteiger charge is 2.33. The summed E-state index contributed by atoms with van der Waals surface area (Å²) in [4.78, 5) is 0. The highest BCUT2D eigenvalue weighted by atomic mass is 14.4. The van der Waals surface area contributed by atoms with Gasteiger partial charge in [0.1, 0.15) is 0 Å². The Morgan fingerprint density at radius 2 is 0.804 bits per heavy atom. The molecule has 1 aliphatic rings. The molecule has 8 aromatic carbocycles. The van der Waals surface area contributed by atoms with Gasteiger partial charge in [-0.1, -0.05) is 171 Å². The summed E-state index contributed by atoms with van der Waals surface area (Å²) in [6.45, 7) is 2.36. The maximum absolute atomic E-state index is 2.42. The zero-order chi connectivity index (χ0) is 30.6. The molecule has 0 nitrogen and oxygen atoms in total. The van der Waals surface area contributed by atoms with Crippen LogP contribution in [0.5, 0.6) is 0 Å². The molecule has 2 atom stereocenters. The summed E-state index contributed by atoms with van der Waals surface area (Å²) in [5.41, 5.74) is 11.7. The summed E-state index contributed by atoms with van der Waals surface area (Å²) in [5.74, 6) is 1.51. The molecule has 0 saturated heterocycles. The standard InChI is InChI=1S/C46H34/c1-30-28-46(30)35-13-8-12-34(29-35)39-25-27-45(43-18-7-5-16-41(39)43)44-26-24-38(40-15-4-6-17-42(40)44)33-22-20-32(21-23-33)37-19-9-11-31-10-2-3-14-36(31)37/h2-27,29-30,46H,28H2,1H3. The van der Waals surface area contributed by atoms with Gasteiger partial charge in [-0.2, -0.15) is 0 Å². The number of hydrogen-bond acceptors (Lipinski definition) is 0. The van der Waals surface area contributed by atoms with E-state index in [2.05, 4.69) is 171 Å². The molecule has 46 heavy (non-hydrogen) atoms. The van der Waals surface area contributed by atoms with Crippen LogP contribution in [0.2, 0.25) is 0 Å². The lowest BCUT2D eigenvalue weighted by molar-refractivity contribution is 0.915. The van der Waals surface area contributed by atoms with E-state index in [4.69, 9.17) is 0 Å². The molecule has 0 heterocycles. The van der Waals surface area contributed by atoms with E-state index in [1.54, 1.807) is 0 Å². The topological polar surface area (TPSA) is 0 Å². The molecule has 0 radical (unpaired) electrons. The minimum absolute atomic E-state index is 0.713. The fourth-order valence-corrected chi connectivity index (χ4v) is 7.60. The molecular formula is C46H34. The maximum Gasteiger partial charge on any atom is -0.00987 e. The van der Waals surface area contributed by atoms with Crippen LogP contribution in [-0.4, -0.2) is 0 Å². The maximum atomic E-state index is 2.42. The van der Waals surface area contributed by atoms with Crippen LogP contribution in [0.25, 0.3) is 76.8 Å². The summed E-state index contributed by atoms with van der Waals surface area (Å²) in [6, 6.07) is 60.6. The van der Waals surface area contributed by atoms with Crippen molar-refractivity contribution in [3.05, 3.63) is 169 Å². The Kier molecular flexibility index (Phi) is 6.35. The third kappa shape index (κ3) is 4.53. The Bertz CT molecular complexity index is 2400. The van der Waals surface area contributed by atoms with Crippen LogP contribution in [-0.2, 0) is 0 Å². The van der Waals surface area contributed by atoms with E-state index in [1.807, 2.05) is 0 Å². The van der Waals surface area contributed by atoms with Gasteiger partial charge >= 0.3 is 0 Å². The Morgan fingerprint density at radius 1 is 0.370 bits per heavy atom. The van der Waals surface area contributed by atoms with E-state index in [-0.39, 0.29) is 0 Å². The average molecular weight is 587 g/mol. The summed E-state index contributed by atoms with van der Waals surface area (Å²) in [6.07, 6.45) is 1.31. The molecule has 1 saturated carbocycles. The van der Waals surface area contributed by atoms with Gasteiger partial charge in [-0.3, -0.25) is 0 Å². The van der Waals surface area contributed by atoms with Crippen molar-refractivity contribution in [2.45, 2.75) is 19.3 Å². The van der Waals surface area contributed by atoms with Crippen molar-refractivity contribution in [3.63, 3.8) is 0 Å². The minimum atomic E-state index is 0.713. The molecule has 218 valence electrons. The SMILES string of the molecule is CC1CC1c1cccc(-c2ccc(-c3ccc(-c4ccc(-c5cccc6ccccc56)cc4)c4ccccc34)c3ccccc23)c1. The Labute approximate surface area is 270 Å². The van der Waals surface area contributed by atoms with Gasteiger partial charge in [-0.25, -0.2) is 0 Å². The zero-order valence-electron chi connectivity index (χ0n) is 26.0. The first-order valence-corrected chi connectivity index (χ1v) is 16.5. The molecule has 0 N–H and O–H groups in total. The number of benzene rings is 8. The second-order valence-electron chi connectivity index (χ2n) is 13.0. The lowest BCUT2D eigenvalue weighted by Crippen LogP contribution is -1.90. The van der Waals surface area contributed by atoms with Gasteiger partial charge in [-0.05, 0) is 101 Å². The Morgan fingerprint density at radius 3 is 1.39 bits per heavy atom. The summed E-state index contributed by atoms with van der Waals surface area (Å²) < 4.78 is 0. The fraction of sp³-hybridized carbons (Fsp3) is 0.0870. The lowest BCUT2D eigenvalue weighted by Gasteiger charge is -2.16. The van der Waals surface area contributed by atoms with Gasteiger partial charge in [0.25, 0.3) is 0 Å². The molecule has 9 rings (SSSR count). The van der Waals surface area contributed by atoms with Crippen LogP contribution in [0.4, 0.5) is 0 Å². The van der Waals surface area contributed by atoms with Gasteiger partial charge in [0.15, 0.2) is 0 Å². The van der Waals surface area contributed by atoms with E-state index in [9.17, 15) is 0 Å². The van der Waals surface area contributed by atoms with Gasteiger partial charge in [0, 0.05) is 0 Å². The highest BCUT2D eigenvalue weighted by molar-refractivity contribution is 6.12. The predicted molar refractivity (Wildman–Crippen MR) is 197 cm³/mol. The smallest absolute Gasteiger partial charge is 0.00987 e. The van der Waals surface area contributed by atoms with Crippen molar-refractivity contribution in [2.24, 2.45) is 5.92 Å². The molecule has 1 fully saturated rings. The first-order chi connectivity index (χ1) is 22.7. The van der Waals surface area contributed by atoms with Gasteiger partial charge in [0.05, 0.1) is 0 Å². The van der Waals surface area contributed by atoms with Gasteiger partial charge < -0.3 is 0 Å². The molecule has 0 amide bonds. The average Bonchev–Trinajstić information content (AvgIpc) is 3.87. The first kappa shape index (κ1) is 26.9. The van der Waals surface area contributed by atoms with Crippen molar-refractivity contribution in [2.75, 3.05) is 0 Å². The van der Waals surface area contributed by atoms with Crippen molar-refractivity contribution in [1.29, 1.82) is 0 Å². The summed E-state index contributed by atoms with van der Waals surface area (Å²) in [7, 11) is 0. The quantitative estimate of drug-likeness (QED) is 0.188. The second-order valence-corrected chi connectivity index (χ2v) is 13.0. The molecule has 0 spiro atoms. The molecule has 0 heteroatoms. The van der Waals surface area contributed by atoms with E-state index >= 15 is 0 Å². The van der Waals surface area contributed by atoms with Crippen molar-refractivity contribution >= 4 is 32.3 Å². The third-order valence-corrected chi connectivity index (χ3v) is 10.2. The highest BCUT2D eigenvalue weighted by Crippen LogP contribution is 2.48. The van der Waals surface area contributed by atoms with Crippen LogP contribution in [0, 0.1) is 5.92 Å². The Balaban J connectivity index is 1.14. The second kappa shape index (κ2) is 10.9. The van der Waals surface area contributed by atoms with Crippen LogP contribution >= 0.6 is 0 Å². The van der Waals surface area contributed by atoms with Crippen LogP contribution in [0.1, 0.15) is 24.8 Å². The largest absolute Gasteiger partial charge is 0.0619 e. The molecule has 0 bridgehead atoms. The molecule has 0 aliphatic heterocycles. The van der Waals surface area contributed by atoms with Crippen LogP contribution in [0.3, 0.4) is 0 Å². The number of hydrogen-bond donors (Lipinski definition) is 0. The minimum Gasteiger partial charge on any atom is -0.0619 e. The fourth-order valence-electron chi connectivity index (χ4n) is 7.60. The van der Waals surface area contributed by atoms with E-state index in [0.29, 0.717) is 5.92 Å². The van der Waals surface area contributed by atoms with Crippen molar-refractivity contribution in [1.82, 2.24) is 0 Å². The van der Waals surface area contributed by atoms with E-state index < -0.39 is 0 Å². The summed E-state index contributed by atoms with van der Waals surface area (Å²) >= 11 is 0. The zero-order valence-corrected chi connectivity index (χ0v) is 26.0. The Hall–Kier alpha value is -5.46. The third-order valence-electron chi connectivity index (χ3n) is 10.2.